The molecular formula is C18H16FN5OS. The molecule has 2 aromatic carbocycles. The molecule has 0 radical (unpaired) electrons. The van der Waals surface area contributed by atoms with Crippen LogP contribution in [0.2, 0.25) is 0 Å². The van der Waals surface area contributed by atoms with E-state index in [9.17, 15) is 9.18 Å². The lowest BCUT2D eigenvalue weighted by Gasteiger charge is -2.07. The van der Waals surface area contributed by atoms with Crippen molar-refractivity contribution in [2.45, 2.75) is 23.8 Å². The number of aromatic nitrogens is 4. The summed E-state index contributed by atoms with van der Waals surface area (Å²) in [5, 5.41) is 14.7. The van der Waals surface area contributed by atoms with E-state index in [1.165, 1.54) is 23.9 Å². The fraction of sp³-hybridized carbons (Fsp3) is 0.222. The predicted molar refractivity (Wildman–Crippen MR) is 97.3 cm³/mol. The Hall–Kier alpha value is -2.74. The monoisotopic (exact) mass is 369 g/mol. The van der Waals surface area contributed by atoms with E-state index >= 15 is 0 Å². The van der Waals surface area contributed by atoms with Crippen LogP contribution in [-0.4, -0.2) is 31.9 Å². The standard InChI is InChI=1S/C18H16FN5OS/c19-13-3-9-16(10-4-13)26-11-17(25)20-14-5-1-12(2-6-14)18-21-22-23-24(18)15-7-8-15/h1-6,9-10,15H,7-8,11H2,(H,20,25). The lowest BCUT2D eigenvalue weighted by atomic mass is 10.2. The minimum Gasteiger partial charge on any atom is -0.325 e. The van der Waals surface area contributed by atoms with Gasteiger partial charge in [0.2, 0.25) is 5.91 Å². The maximum absolute atomic E-state index is 12.9. The molecule has 0 spiro atoms. The van der Waals surface area contributed by atoms with Crippen LogP contribution in [0.1, 0.15) is 18.9 Å². The van der Waals surface area contributed by atoms with Crippen LogP contribution >= 0.6 is 11.8 Å². The van der Waals surface area contributed by atoms with E-state index in [0.717, 1.165) is 29.1 Å². The quantitative estimate of drug-likeness (QED) is 0.673. The second-order valence-corrected chi connectivity index (χ2v) is 7.10. The van der Waals surface area contributed by atoms with E-state index in [1.54, 1.807) is 12.1 Å². The summed E-state index contributed by atoms with van der Waals surface area (Å²) in [7, 11) is 0. The van der Waals surface area contributed by atoms with Gasteiger partial charge in [-0.05, 0) is 71.8 Å². The molecule has 8 heteroatoms. The van der Waals surface area contributed by atoms with Crippen molar-refractivity contribution < 1.29 is 9.18 Å². The molecule has 0 atom stereocenters. The van der Waals surface area contributed by atoms with Crippen LogP contribution in [0.3, 0.4) is 0 Å². The van der Waals surface area contributed by atoms with Crippen LogP contribution in [0.15, 0.2) is 53.4 Å². The van der Waals surface area contributed by atoms with Crippen LogP contribution in [-0.2, 0) is 4.79 Å². The third-order valence-corrected chi connectivity index (χ3v) is 5.01. The summed E-state index contributed by atoms with van der Waals surface area (Å²) in [6.07, 6.45) is 2.22. The van der Waals surface area contributed by atoms with Crippen molar-refractivity contribution in [3.8, 4) is 11.4 Å². The normalized spacial score (nSPS) is 13.6. The Bertz CT molecular complexity index is 906. The third-order valence-electron chi connectivity index (χ3n) is 4.00. The summed E-state index contributed by atoms with van der Waals surface area (Å²) >= 11 is 1.36. The highest BCUT2D eigenvalue weighted by Gasteiger charge is 2.28. The van der Waals surface area contributed by atoms with Crippen molar-refractivity contribution in [1.29, 1.82) is 0 Å². The number of thioether (sulfide) groups is 1. The number of carbonyl (C=O) groups excluding carboxylic acids is 1. The Morgan fingerprint density at radius 2 is 1.88 bits per heavy atom. The zero-order valence-corrected chi connectivity index (χ0v) is 14.6. The Morgan fingerprint density at radius 3 is 2.58 bits per heavy atom. The minimum atomic E-state index is -0.286. The van der Waals surface area contributed by atoms with E-state index in [0.29, 0.717) is 11.7 Å². The molecule has 1 amide bonds. The highest BCUT2D eigenvalue weighted by atomic mass is 32.2. The molecule has 3 aromatic rings. The molecule has 1 aliphatic carbocycles. The molecule has 132 valence electrons. The molecule has 0 bridgehead atoms. The van der Waals surface area contributed by atoms with Gasteiger partial charge in [-0.25, -0.2) is 9.07 Å². The number of nitrogens with zero attached hydrogens (tertiary/aromatic N) is 4. The maximum Gasteiger partial charge on any atom is 0.234 e. The van der Waals surface area contributed by atoms with Gasteiger partial charge in [0.25, 0.3) is 0 Å². The average molecular weight is 369 g/mol. The van der Waals surface area contributed by atoms with E-state index in [-0.39, 0.29) is 17.5 Å². The molecular weight excluding hydrogens is 353 g/mol. The van der Waals surface area contributed by atoms with E-state index in [2.05, 4.69) is 20.8 Å². The van der Waals surface area contributed by atoms with Crippen LogP contribution < -0.4 is 5.32 Å². The summed E-state index contributed by atoms with van der Waals surface area (Å²) in [6, 6.07) is 14.0. The first kappa shape index (κ1) is 16.7. The molecule has 0 unspecified atom stereocenters. The van der Waals surface area contributed by atoms with Gasteiger partial charge in [0.15, 0.2) is 5.82 Å². The Labute approximate surface area is 153 Å². The molecule has 1 saturated carbocycles. The SMILES string of the molecule is O=C(CSc1ccc(F)cc1)Nc1ccc(-c2nnnn2C2CC2)cc1. The van der Waals surface area contributed by atoms with Gasteiger partial charge in [0.05, 0.1) is 11.8 Å². The Morgan fingerprint density at radius 1 is 1.15 bits per heavy atom. The predicted octanol–water partition coefficient (Wildman–Crippen LogP) is 3.54. The molecule has 4 rings (SSSR count). The first-order valence-corrected chi connectivity index (χ1v) is 9.24. The molecule has 6 nitrogen and oxygen atoms in total. The smallest absolute Gasteiger partial charge is 0.234 e. The number of rotatable bonds is 6. The van der Waals surface area contributed by atoms with E-state index < -0.39 is 0 Å². The Kier molecular flexibility index (Phi) is 4.66. The average Bonchev–Trinajstić information content (AvgIpc) is 3.39. The zero-order valence-electron chi connectivity index (χ0n) is 13.8. The number of hydrogen-bond acceptors (Lipinski definition) is 5. The van der Waals surface area contributed by atoms with Crippen LogP contribution in [0, 0.1) is 5.82 Å². The van der Waals surface area contributed by atoms with Gasteiger partial charge in [-0.1, -0.05) is 0 Å². The van der Waals surface area contributed by atoms with Crippen LogP contribution in [0.4, 0.5) is 10.1 Å². The number of anilines is 1. The van der Waals surface area contributed by atoms with Crippen molar-refractivity contribution in [1.82, 2.24) is 20.2 Å². The molecule has 0 saturated heterocycles. The molecule has 1 aromatic heterocycles. The largest absolute Gasteiger partial charge is 0.325 e. The van der Waals surface area contributed by atoms with Gasteiger partial charge in [0, 0.05) is 16.1 Å². The first-order chi connectivity index (χ1) is 12.7. The summed E-state index contributed by atoms with van der Waals surface area (Å²) in [5.74, 6) is 0.603. The fourth-order valence-corrected chi connectivity index (χ4v) is 3.23. The van der Waals surface area contributed by atoms with Crippen molar-refractivity contribution in [2.75, 3.05) is 11.1 Å². The zero-order chi connectivity index (χ0) is 17.9. The summed E-state index contributed by atoms with van der Waals surface area (Å²) in [6.45, 7) is 0. The van der Waals surface area contributed by atoms with Gasteiger partial charge < -0.3 is 5.32 Å². The summed E-state index contributed by atoms with van der Waals surface area (Å²) < 4.78 is 14.7. The number of hydrogen-bond donors (Lipinski definition) is 1. The highest BCUT2D eigenvalue weighted by molar-refractivity contribution is 8.00. The lowest BCUT2D eigenvalue weighted by molar-refractivity contribution is -0.113. The lowest BCUT2D eigenvalue weighted by Crippen LogP contribution is -2.13. The fourth-order valence-electron chi connectivity index (χ4n) is 2.53. The van der Waals surface area contributed by atoms with E-state index in [1.807, 2.05) is 28.9 Å². The number of amides is 1. The molecule has 0 aliphatic heterocycles. The van der Waals surface area contributed by atoms with Crippen LogP contribution in [0.25, 0.3) is 11.4 Å². The Balaban J connectivity index is 1.35. The molecule has 1 N–H and O–H groups in total. The number of nitrogens with one attached hydrogen (secondary N) is 1. The summed E-state index contributed by atoms with van der Waals surface area (Å²) in [4.78, 5) is 12.9. The number of benzene rings is 2. The first-order valence-electron chi connectivity index (χ1n) is 8.25. The van der Waals surface area contributed by atoms with Crippen molar-refractivity contribution in [3.05, 3.63) is 54.3 Å². The van der Waals surface area contributed by atoms with Crippen molar-refractivity contribution in [3.63, 3.8) is 0 Å². The number of tetrazole rings is 1. The van der Waals surface area contributed by atoms with Crippen molar-refractivity contribution in [2.24, 2.45) is 0 Å². The second-order valence-electron chi connectivity index (χ2n) is 6.05. The van der Waals surface area contributed by atoms with Crippen LogP contribution in [0.5, 0.6) is 0 Å². The van der Waals surface area contributed by atoms with Gasteiger partial charge in [-0.15, -0.1) is 16.9 Å². The third kappa shape index (κ3) is 3.91. The van der Waals surface area contributed by atoms with Gasteiger partial charge in [-0.2, -0.15) is 0 Å². The summed E-state index contributed by atoms with van der Waals surface area (Å²) in [5.41, 5.74) is 1.63. The molecule has 1 aliphatic rings. The molecule has 26 heavy (non-hydrogen) atoms. The molecule has 1 heterocycles. The van der Waals surface area contributed by atoms with Gasteiger partial charge in [-0.3, -0.25) is 4.79 Å². The van der Waals surface area contributed by atoms with Gasteiger partial charge in [0.1, 0.15) is 5.82 Å². The van der Waals surface area contributed by atoms with E-state index in [4.69, 9.17) is 0 Å². The number of halogens is 1. The number of carbonyl (C=O) groups is 1. The maximum atomic E-state index is 12.9. The highest BCUT2D eigenvalue weighted by Crippen LogP contribution is 2.36. The topological polar surface area (TPSA) is 72.7 Å². The second kappa shape index (κ2) is 7.25. The minimum absolute atomic E-state index is 0.116. The van der Waals surface area contributed by atoms with Crippen molar-refractivity contribution >= 4 is 23.4 Å². The molecule has 1 fully saturated rings. The van der Waals surface area contributed by atoms with Gasteiger partial charge >= 0.3 is 0 Å².